The Hall–Kier alpha value is -0.0400. The first-order valence-corrected chi connectivity index (χ1v) is 2.77. The van der Waals surface area contributed by atoms with Gasteiger partial charge in [0.2, 0.25) is 0 Å². The van der Waals surface area contributed by atoms with Crippen LogP contribution in [0, 0.1) is 6.92 Å². The van der Waals surface area contributed by atoms with E-state index >= 15 is 0 Å². The molecule has 0 spiro atoms. The zero-order valence-corrected chi connectivity index (χ0v) is 4.68. The van der Waals surface area contributed by atoms with Crippen molar-refractivity contribution in [2.75, 3.05) is 0 Å². The molecule has 1 rings (SSSR count). The molecule has 0 aromatic heterocycles. The highest BCUT2D eigenvalue weighted by Crippen LogP contribution is 2.17. The highest BCUT2D eigenvalue weighted by Gasteiger charge is 2.16. The van der Waals surface area contributed by atoms with Crippen LogP contribution in [0.3, 0.4) is 0 Å². The Morgan fingerprint density at radius 2 is 2.29 bits per heavy atom. The first-order chi connectivity index (χ1) is 3.29. The fraction of sp³-hybridized carbons (Fsp3) is 0.833. The van der Waals surface area contributed by atoms with E-state index in [1.165, 1.54) is 6.42 Å². The fourth-order valence-corrected chi connectivity index (χ4v) is 0.885. The average Bonchev–Trinajstić information content (AvgIpc) is 1.87. The maximum Gasteiger partial charge on any atom is 0.0580 e. The first-order valence-electron chi connectivity index (χ1n) is 2.77. The van der Waals surface area contributed by atoms with E-state index in [0.717, 1.165) is 6.42 Å². The third-order valence-corrected chi connectivity index (χ3v) is 1.32. The number of hydrogen-bond acceptors (Lipinski definition) is 1. The van der Waals surface area contributed by atoms with Crippen molar-refractivity contribution >= 4 is 0 Å². The van der Waals surface area contributed by atoms with Crippen LogP contribution >= 0.6 is 0 Å². The van der Waals surface area contributed by atoms with Crippen LogP contribution in [0.4, 0.5) is 0 Å². The van der Waals surface area contributed by atoms with Crippen molar-refractivity contribution in [3.8, 4) is 0 Å². The smallest absolute Gasteiger partial charge is 0.0580 e. The van der Waals surface area contributed by atoms with Crippen LogP contribution in [-0.4, -0.2) is 12.2 Å². The van der Waals surface area contributed by atoms with E-state index in [1.54, 1.807) is 0 Å². The second kappa shape index (κ2) is 1.83. The molecule has 2 unspecified atom stereocenters. The van der Waals surface area contributed by atoms with Gasteiger partial charge in [-0.05, 0) is 26.7 Å². The van der Waals surface area contributed by atoms with Crippen molar-refractivity contribution in [1.82, 2.24) is 0 Å². The molecule has 1 fully saturated rings. The Bertz CT molecular complexity index is 53.2. The Kier molecular flexibility index (Phi) is 1.33. The molecule has 1 nitrogen and oxygen atoms in total. The summed E-state index contributed by atoms with van der Waals surface area (Å²) in [5.74, 6) is 0. The minimum absolute atomic E-state index is 0.273. The summed E-state index contributed by atoms with van der Waals surface area (Å²) in [6.07, 6.45) is 3.06. The van der Waals surface area contributed by atoms with Gasteiger partial charge in [-0.15, -0.1) is 0 Å². The Balaban J connectivity index is 2.26. The predicted octanol–water partition coefficient (Wildman–Crippen LogP) is 1.39. The minimum atomic E-state index is 0.273. The van der Waals surface area contributed by atoms with Gasteiger partial charge in [-0.1, -0.05) is 0 Å². The van der Waals surface area contributed by atoms with Crippen LogP contribution in [0.15, 0.2) is 0 Å². The van der Waals surface area contributed by atoms with Crippen molar-refractivity contribution in [2.24, 2.45) is 0 Å². The zero-order valence-electron chi connectivity index (χ0n) is 4.68. The normalized spacial score (nSPS) is 42.0. The molecule has 0 saturated carbocycles. The molecule has 0 aromatic rings. The highest BCUT2D eigenvalue weighted by molar-refractivity contribution is 4.70. The summed E-state index contributed by atoms with van der Waals surface area (Å²) < 4.78 is 5.25. The van der Waals surface area contributed by atoms with Crippen LogP contribution in [0.5, 0.6) is 0 Å². The maximum absolute atomic E-state index is 5.25. The van der Waals surface area contributed by atoms with Gasteiger partial charge < -0.3 is 4.74 Å². The molecule has 7 heavy (non-hydrogen) atoms. The van der Waals surface area contributed by atoms with E-state index in [2.05, 4.69) is 13.8 Å². The molecule has 2 atom stereocenters. The van der Waals surface area contributed by atoms with Gasteiger partial charge in [-0.2, -0.15) is 0 Å². The molecule has 1 heterocycles. The first kappa shape index (κ1) is 5.10. The van der Waals surface area contributed by atoms with Crippen LogP contribution in [0.1, 0.15) is 19.8 Å². The lowest BCUT2D eigenvalue weighted by molar-refractivity contribution is 0.0818. The van der Waals surface area contributed by atoms with Crippen molar-refractivity contribution in [2.45, 2.75) is 32.0 Å². The summed E-state index contributed by atoms with van der Waals surface area (Å²) in [6, 6.07) is 0. The van der Waals surface area contributed by atoms with E-state index in [1.807, 2.05) is 0 Å². The summed E-state index contributed by atoms with van der Waals surface area (Å²) in [6.45, 7) is 5.85. The van der Waals surface area contributed by atoms with Gasteiger partial charge in [0.25, 0.3) is 0 Å². The van der Waals surface area contributed by atoms with Crippen LogP contribution in [0.2, 0.25) is 0 Å². The molecule has 41 valence electrons. The SMILES string of the molecule is [CH2]C1CCC(C)O1. The zero-order chi connectivity index (χ0) is 5.28. The quantitative estimate of drug-likeness (QED) is 0.446. The van der Waals surface area contributed by atoms with E-state index < -0.39 is 0 Å². The highest BCUT2D eigenvalue weighted by atomic mass is 16.5. The van der Waals surface area contributed by atoms with E-state index in [9.17, 15) is 0 Å². The molecule has 0 aliphatic carbocycles. The van der Waals surface area contributed by atoms with E-state index in [4.69, 9.17) is 4.74 Å². The predicted molar refractivity (Wildman–Crippen MR) is 28.9 cm³/mol. The molecule has 0 N–H and O–H groups in total. The molecule has 1 radical (unpaired) electrons. The monoisotopic (exact) mass is 99.1 g/mol. The average molecular weight is 99.2 g/mol. The molecular formula is C6H11O. The van der Waals surface area contributed by atoms with Gasteiger partial charge in [0, 0.05) is 0 Å². The Labute approximate surface area is 44.7 Å². The second-order valence-electron chi connectivity index (χ2n) is 2.15. The summed E-state index contributed by atoms with van der Waals surface area (Å²) in [4.78, 5) is 0. The van der Waals surface area contributed by atoms with E-state index in [-0.39, 0.29) is 6.10 Å². The third-order valence-electron chi connectivity index (χ3n) is 1.32. The summed E-state index contributed by atoms with van der Waals surface area (Å²) >= 11 is 0. The van der Waals surface area contributed by atoms with Crippen molar-refractivity contribution in [1.29, 1.82) is 0 Å². The molecule has 0 amide bonds. The number of rotatable bonds is 0. The van der Waals surface area contributed by atoms with Crippen LogP contribution in [0.25, 0.3) is 0 Å². The standard InChI is InChI=1S/C6H11O/c1-5-3-4-6(2)7-5/h5-6H,1,3-4H2,2H3. The summed E-state index contributed by atoms with van der Waals surface area (Å²) in [5.41, 5.74) is 0. The van der Waals surface area contributed by atoms with Crippen molar-refractivity contribution in [3.63, 3.8) is 0 Å². The third kappa shape index (κ3) is 1.16. The summed E-state index contributed by atoms with van der Waals surface area (Å²) in [7, 11) is 0. The van der Waals surface area contributed by atoms with Crippen LogP contribution < -0.4 is 0 Å². The maximum atomic E-state index is 5.25. The molecular weight excluding hydrogens is 88.1 g/mol. The minimum Gasteiger partial charge on any atom is -0.375 e. The van der Waals surface area contributed by atoms with Gasteiger partial charge in [0.05, 0.1) is 12.2 Å². The molecule has 0 bridgehead atoms. The summed E-state index contributed by atoms with van der Waals surface area (Å²) in [5, 5.41) is 0. The Morgan fingerprint density at radius 1 is 1.57 bits per heavy atom. The lowest BCUT2D eigenvalue weighted by Crippen LogP contribution is -2.02. The molecule has 0 aromatic carbocycles. The molecule has 1 heteroatoms. The van der Waals surface area contributed by atoms with Gasteiger partial charge in [0.15, 0.2) is 0 Å². The van der Waals surface area contributed by atoms with Crippen LogP contribution in [-0.2, 0) is 4.74 Å². The van der Waals surface area contributed by atoms with Gasteiger partial charge in [-0.3, -0.25) is 0 Å². The van der Waals surface area contributed by atoms with Gasteiger partial charge in [0.1, 0.15) is 0 Å². The molecule has 1 aliphatic heterocycles. The van der Waals surface area contributed by atoms with Crippen molar-refractivity contribution < 1.29 is 4.74 Å². The van der Waals surface area contributed by atoms with Gasteiger partial charge >= 0.3 is 0 Å². The topological polar surface area (TPSA) is 9.23 Å². The molecule has 1 aliphatic rings. The second-order valence-corrected chi connectivity index (χ2v) is 2.15. The van der Waals surface area contributed by atoms with Crippen molar-refractivity contribution in [3.05, 3.63) is 6.92 Å². The van der Waals surface area contributed by atoms with E-state index in [0.29, 0.717) is 6.10 Å². The lowest BCUT2D eigenvalue weighted by Gasteiger charge is -2.01. The lowest BCUT2D eigenvalue weighted by atomic mass is 10.2. The Morgan fingerprint density at radius 3 is 2.43 bits per heavy atom. The largest absolute Gasteiger partial charge is 0.375 e. The van der Waals surface area contributed by atoms with Gasteiger partial charge in [-0.25, -0.2) is 0 Å². The number of ether oxygens (including phenoxy) is 1. The molecule has 1 saturated heterocycles. The fourth-order valence-electron chi connectivity index (χ4n) is 0.885. The number of hydrogen-bond donors (Lipinski definition) is 0.